The Balaban J connectivity index is 2.94. The summed E-state index contributed by atoms with van der Waals surface area (Å²) in [6.45, 7) is 3.67. The summed E-state index contributed by atoms with van der Waals surface area (Å²) in [7, 11) is 1.17. The number of esters is 1. The Kier molecular flexibility index (Phi) is 5.75. The van der Waals surface area contributed by atoms with Crippen LogP contribution in [0.15, 0.2) is 12.1 Å². The molecule has 1 rings (SSSR count). The molecule has 1 atom stereocenters. The second-order valence-corrected chi connectivity index (χ2v) is 4.93. The van der Waals surface area contributed by atoms with Gasteiger partial charge in [0.2, 0.25) is 0 Å². The number of hydrogen-bond donors (Lipinski definition) is 1. The topological polar surface area (TPSA) is 55.4 Å². The molecular formula is C14H16F3NO3. The highest BCUT2D eigenvalue weighted by atomic mass is 19.2. The van der Waals surface area contributed by atoms with Crippen LogP contribution in [-0.4, -0.2) is 25.0 Å². The van der Waals surface area contributed by atoms with Crippen LogP contribution in [0.1, 0.15) is 30.6 Å². The number of rotatable bonds is 5. The molecule has 0 aliphatic rings. The lowest BCUT2D eigenvalue weighted by Crippen LogP contribution is -2.42. The molecule has 1 aromatic carbocycles. The number of halogens is 3. The Morgan fingerprint density at radius 2 is 1.71 bits per heavy atom. The lowest BCUT2D eigenvalue weighted by Gasteiger charge is -2.18. The summed E-state index contributed by atoms with van der Waals surface area (Å²) in [4.78, 5) is 23.5. The number of hydrogen-bond acceptors (Lipinski definition) is 3. The van der Waals surface area contributed by atoms with Gasteiger partial charge in [-0.25, -0.2) is 18.0 Å². The van der Waals surface area contributed by atoms with Crippen molar-refractivity contribution in [1.82, 2.24) is 5.32 Å². The van der Waals surface area contributed by atoms with Crippen molar-refractivity contribution >= 4 is 11.9 Å². The third kappa shape index (κ3) is 4.47. The van der Waals surface area contributed by atoms with Crippen LogP contribution in [0.2, 0.25) is 0 Å². The van der Waals surface area contributed by atoms with E-state index in [2.05, 4.69) is 10.1 Å². The number of benzene rings is 1. The van der Waals surface area contributed by atoms with Gasteiger partial charge in [0, 0.05) is 5.56 Å². The summed E-state index contributed by atoms with van der Waals surface area (Å²) in [5.74, 6) is -6.07. The molecule has 0 aliphatic carbocycles. The monoisotopic (exact) mass is 303 g/mol. The number of ether oxygens (including phenoxy) is 1. The van der Waals surface area contributed by atoms with E-state index >= 15 is 0 Å². The number of nitrogens with one attached hydrogen (secondary N) is 1. The standard InChI is InChI=1S/C14H16F3NO3/c1-7(2)4-11(14(20)21-3)18-13(19)8-5-9(15)12(17)10(16)6-8/h5-7,11H,4H2,1-3H3,(H,18,19). The highest BCUT2D eigenvalue weighted by Gasteiger charge is 2.24. The summed E-state index contributed by atoms with van der Waals surface area (Å²) in [5, 5.41) is 2.32. The molecule has 0 aliphatic heterocycles. The van der Waals surface area contributed by atoms with Gasteiger partial charge in [-0.15, -0.1) is 0 Å². The van der Waals surface area contributed by atoms with Crippen molar-refractivity contribution in [3.8, 4) is 0 Å². The summed E-state index contributed by atoms with van der Waals surface area (Å²) >= 11 is 0. The molecule has 1 aromatic rings. The van der Waals surface area contributed by atoms with Crippen molar-refractivity contribution in [3.05, 3.63) is 35.1 Å². The maximum absolute atomic E-state index is 13.1. The van der Waals surface area contributed by atoms with Crippen molar-refractivity contribution in [3.63, 3.8) is 0 Å². The first-order valence-corrected chi connectivity index (χ1v) is 6.29. The second-order valence-electron chi connectivity index (χ2n) is 4.93. The maximum atomic E-state index is 13.1. The molecule has 4 nitrogen and oxygen atoms in total. The van der Waals surface area contributed by atoms with Crippen molar-refractivity contribution in [2.45, 2.75) is 26.3 Å². The molecule has 0 saturated carbocycles. The Morgan fingerprint density at radius 3 is 2.14 bits per heavy atom. The predicted octanol–water partition coefficient (Wildman–Crippen LogP) is 2.42. The zero-order valence-corrected chi connectivity index (χ0v) is 11.9. The van der Waals surface area contributed by atoms with Crippen LogP contribution in [0.5, 0.6) is 0 Å². The van der Waals surface area contributed by atoms with E-state index in [0.717, 1.165) is 0 Å². The number of methoxy groups -OCH3 is 1. The van der Waals surface area contributed by atoms with Gasteiger partial charge < -0.3 is 10.1 Å². The molecule has 7 heteroatoms. The van der Waals surface area contributed by atoms with Gasteiger partial charge in [-0.3, -0.25) is 4.79 Å². The molecule has 0 heterocycles. The highest BCUT2D eigenvalue weighted by molar-refractivity contribution is 5.96. The molecule has 21 heavy (non-hydrogen) atoms. The van der Waals surface area contributed by atoms with Gasteiger partial charge in [0.25, 0.3) is 5.91 Å². The van der Waals surface area contributed by atoms with Crippen molar-refractivity contribution < 1.29 is 27.5 Å². The largest absolute Gasteiger partial charge is 0.467 e. The zero-order valence-electron chi connectivity index (χ0n) is 11.9. The van der Waals surface area contributed by atoms with Gasteiger partial charge in [0.1, 0.15) is 6.04 Å². The third-order valence-electron chi connectivity index (χ3n) is 2.74. The molecule has 1 amide bonds. The summed E-state index contributed by atoms with van der Waals surface area (Å²) in [5.41, 5.74) is -0.413. The molecule has 0 bridgehead atoms. The molecule has 0 spiro atoms. The minimum atomic E-state index is -1.65. The van der Waals surface area contributed by atoms with E-state index in [1.807, 2.05) is 13.8 Å². The van der Waals surface area contributed by atoms with Gasteiger partial charge in [-0.05, 0) is 24.5 Å². The number of carbonyl (C=O) groups excluding carboxylic acids is 2. The molecule has 0 aromatic heterocycles. The Labute approximate surface area is 120 Å². The van der Waals surface area contributed by atoms with Gasteiger partial charge in [-0.1, -0.05) is 13.8 Å². The van der Waals surface area contributed by atoms with Crippen LogP contribution in [0.3, 0.4) is 0 Å². The van der Waals surface area contributed by atoms with E-state index in [1.165, 1.54) is 7.11 Å². The van der Waals surface area contributed by atoms with E-state index in [9.17, 15) is 22.8 Å². The first kappa shape index (κ1) is 17.0. The third-order valence-corrected chi connectivity index (χ3v) is 2.74. The Hall–Kier alpha value is -2.05. The summed E-state index contributed by atoms with van der Waals surface area (Å²) in [6, 6.07) is 0.188. The van der Waals surface area contributed by atoms with Gasteiger partial charge in [0.15, 0.2) is 17.5 Å². The molecule has 1 unspecified atom stereocenters. The quantitative estimate of drug-likeness (QED) is 0.671. The fourth-order valence-electron chi connectivity index (χ4n) is 1.76. The molecule has 0 radical (unpaired) electrons. The summed E-state index contributed by atoms with van der Waals surface area (Å²) < 4.78 is 43.6. The second kappa shape index (κ2) is 7.10. The molecule has 116 valence electrons. The maximum Gasteiger partial charge on any atom is 0.328 e. The minimum absolute atomic E-state index is 0.0797. The minimum Gasteiger partial charge on any atom is -0.467 e. The van der Waals surface area contributed by atoms with E-state index in [1.54, 1.807) is 0 Å². The van der Waals surface area contributed by atoms with E-state index in [4.69, 9.17) is 0 Å². The fraction of sp³-hybridized carbons (Fsp3) is 0.429. The molecule has 1 N–H and O–H groups in total. The first-order chi connectivity index (χ1) is 9.76. The van der Waals surface area contributed by atoms with Gasteiger partial charge in [-0.2, -0.15) is 0 Å². The van der Waals surface area contributed by atoms with E-state index in [0.29, 0.717) is 18.6 Å². The smallest absolute Gasteiger partial charge is 0.328 e. The zero-order chi connectivity index (χ0) is 16.2. The Bertz CT molecular complexity index is 523. The number of amides is 1. The van der Waals surface area contributed by atoms with Crippen LogP contribution in [0.4, 0.5) is 13.2 Å². The van der Waals surface area contributed by atoms with Crippen molar-refractivity contribution in [1.29, 1.82) is 0 Å². The highest BCUT2D eigenvalue weighted by Crippen LogP contribution is 2.14. The first-order valence-electron chi connectivity index (χ1n) is 6.29. The summed E-state index contributed by atoms with van der Waals surface area (Å²) in [6.07, 6.45) is 0.296. The van der Waals surface area contributed by atoms with Gasteiger partial charge in [0.05, 0.1) is 7.11 Å². The predicted molar refractivity (Wildman–Crippen MR) is 69.0 cm³/mol. The average Bonchev–Trinajstić information content (AvgIpc) is 2.41. The van der Waals surface area contributed by atoms with Crippen LogP contribution >= 0.6 is 0 Å². The van der Waals surface area contributed by atoms with Gasteiger partial charge >= 0.3 is 5.97 Å². The van der Waals surface area contributed by atoms with Crippen LogP contribution in [0, 0.1) is 23.4 Å². The SMILES string of the molecule is COC(=O)C(CC(C)C)NC(=O)c1cc(F)c(F)c(F)c1. The normalized spacial score (nSPS) is 12.1. The molecule has 0 fully saturated rings. The average molecular weight is 303 g/mol. The fourth-order valence-corrected chi connectivity index (χ4v) is 1.76. The van der Waals surface area contributed by atoms with E-state index < -0.39 is 40.9 Å². The lowest BCUT2D eigenvalue weighted by molar-refractivity contribution is -0.143. The molecular weight excluding hydrogens is 287 g/mol. The van der Waals surface area contributed by atoms with Crippen LogP contribution in [-0.2, 0) is 9.53 Å². The van der Waals surface area contributed by atoms with Crippen LogP contribution < -0.4 is 5.32 Å². The van der Waals surface area contributed by atoms with E-state index in [-0.39, 0.29) is 5.92 Å². The van der Waals surface area contributed by atoms with Crippen LogP contribution in [0.25, 0.3) is 0 Å². The number of carbonyl (C=O) groups is 2. The molecule has 0 saturated heterocycles. The lowest BCUT2D eigenvalue weighted by atomic mass is 10.0. The Morgan fingerprint density at radius 1 is 1.19 bits per heavy atom. The van der Waals surface area contributed by atoms with Crippen molar-refractivity contribution in [2.75, 3.05) is 7.11 Å². The van der Waals surface area contributed by atoms with Crippen molar-refractivity contribution in [2.24, 2.45) is 5.92 Å².